The third-order valence-electron chi connectivity index (χ3n) is 7.44. The van der Waals surface area contributed by atoms with Gasteiger partial charge >= 0.3 is 11.9 Å². The van der Waals surface area contributed by atoms with Crippen LogP contribution in [0.1, 0.15) is 168 Å². The van der Waals surface area contributed by atoms with Crippen molar-refractivity contribution in [1.82, 2.24) is 4.90 Å². The fourth-order valence-electron chi connectivity index (χ4n) is 4.75. The van der Waals surface area contributed by atoms with E-state index in [4.69, 9.17) is 9.47 Å². The number of nitrogens with zero attached hydrogens (tertiary/aromatic N) is 1. The van der Waals surface area contributed by atoms with E-state index in [1.54, 1.807) is 0 Å². The molecule has 0 spiro atoms. The monoisotopic (exact) mass is 539 g/mol. The van der Waals surface area contributed by atoms with Crippen molar-refractivity contribution in [3.63, 3.8) is 0 Å². The Balaban J connectivity index is 3.39. The van der Waals surface area contributed by atoms with Gasteiger partial charge in [0.15, 0.2) is 6.61 Å². The van der Waals surface area contributed by atoms with Gasteiger partial charge in [0.1, 0.15) is 13.0 Å². The van der Waals surface area contributed by atoms with Crippen LogP contribution < -0.4 is 0 Å². The predicted octanol–water partition coefficient (Wildman–Crippen LogP) is 9.41. The molecule has 0 saturated heterocycles. The minimum Gasteiger partial charge on any atom is -0.464 e. The minimum atomic E-state index is -0.0901. The molecule has 0 heterocycles. The normalized spacial score (nSPS) is 11.3. The van der Waals surface area contributed by atoms with Gasteiger partial charge in [-0.1, -0.05) is 142 Å². The third kappa shape index (κ3) is 29.5. The van der Waals surface area contributed by atoms with E-state index in [9.17, 15) is 9.59 Å². The van der Waals surface area contributed by atoms with Crippen molar-refractivity contribution in [2.45, 2.75) is 168 Å². The predicted molar refractivity (Wildman–Crippen MR) is 162 cm³/mol. The van der Waals surface area contributed by atoms with E-state index in [2.05, 4.69) is 13.8 Å². The third-order valence-corrected chi connectivity index (χ3v) is 7.44. The summed E-state index contributed by atoms with van der Waals surface area (Å²) >= 11 is 0. The van der Waals surface area contributed by atoms with Crippen LogP contribution in [-0.4, -0.2) is 50.2 Å². The number of unbranched alkanes of at least 4 members (excludes halogenated alkanes) is 20. The van der Waals surface area contributed by atoms with E-state index < -0.39 is 0 Å². The summed E-state index contributed by atoms with van der Waals surface area (Å²) < 4.78 is 10.7. The Morgan fingerprint density at radius 2 is 0.868 bits per heavy atom. The molecule has 5 nitrogen and oxygen atoms in total. The quantitative estimate of drug-likeness (QED) is 0.0517. The average Bonchev–Trinajstić information content (AvgIpc) is 2.90. The van der Waals surface area contributed by atoms with Crippen LogP contribution in [0.2, 0.25) is 0 Å². The second kappa shape index (κ2) is 30.4. The molecule has 0 atom stereocenters. The highest BCUT2D eigenvalue weighted by Gasteiger charge is 2.16. The molecule has 0 fully saturated rings. The van der Waals surface area contributed by atoms with Crippen molar-refractivity contribution in [2.75, 3.05) is 33.4 Å². The lowest BCUT2D eigenvalue weighted by molar-refractivity contribution is -0.144. The zero-order chi connectivity index (χ0) is 27.9. The summed E-state index contributed by atoms with van der Waals surface area (Å²) in [4.78, 5) is 25.9. The van der Waals surface area contributed by atoms with Gasteiger partial charge in [-0.25, -0.2) is 0 Å². The van der Waals surface area contributed by atoms with Gasteiger partial charge in [0.2, 0.25) is 0 Å². The summed E-state index contributed by atoms with van der Waals surface area (Å²) in [6.45, 7) is 6.66. The summed E-state index contributed by atoms with van der Waals surface area (Å²) in [6.07, 6.45) is 29.3. The van der Waals surface area contributed by atoms with Crippen LogP contribution in [-0.2, 0) is 19.1 Å². The van der Waals surface area contributed by atoms with Crippen LogP contribution in [0.4, 0.5) is 0 Å². The van der Waals surface area contributed by atoms with Crippen LogP contribution in [0.25, 0.3) is 0 Å². The van der Waals surface area contributed by atoms with E-state index in [0.29, 0.717) is 39.1 Å². The summed E-state index contributed by atoms with van der Waals surface area (Å²) in [6, 6.07) is 0. The molecule has 5 heteroatoms. The smallest absolute Gasteiger partial charge is 0.464 e. The van der Waals surface area contributed by atoms with E-state index in [1.807, 2.05) is 11.9 Å². The highest BCUT2D eigenvalue weighted by Crippen LogP contribution is 2.13. The van der Waals surface area contributed by atoms with Crippen molar-refractivity contribution < 1.29 is 19.1 Å². The lowest BCUT2D eigenvalue weighted by atomic mass is 10.1. The number of carbonyl (C=O) groups excluding carboxylic acids is 2. The Bertz CT molecular complexity index is 467. The highest BCUT2D eigenvalue weighted by atomic mass is 16.5. The fraction of sp³-hybridized carbons (Fsp3) is 0.939. The number of hydrogen-bond acceptors (Lipinski definition) is 5. The molecule has 0 aliphatic heterocycles. The molecule has 0 unspecified atom stereocenters. The lowest BCUT2D eigenvalue weighted by Gasteiger charge is -2.14. The molecule has 0 aliphatic carbocycles. The van der Waals surface area contributed by atoms with Gasteiger partial charge in [-0.3, -0.25) is 9.69 Å². The second-order valence-corrected chi connectivity index (χ2v) is 11.3. The van der Waals surface area contributed by atoms with Gasteiger partial charge in [0.05, 0.1) is 6.54 Å². The maximum atomic E-state index is 11.9. The molecule has 0 aromatic carbocycles. The van der Waals surface area contributed by atoms with Gasteiger partial charge in [0.25, 0.3) is 0 Å². The molecule has 1 radical (unpaired) electrons. The average molecular weight is 540 g/mol. The molecule has 225 valence electrons. The zero-order valence-corrected chi connectivity index (χ0v) is 25.9. The number of rotatable bonds is 30. The molecule has 0 amide bonds. The van der Waals surface area contributed by atoms with Crippen molar-refractivity contribution in [2.24, 2.45) is 0 Å². The number of ether oxygens (including phenoxy) is 2. The molecular weight excluding hydrogens is 474 g/mol. The Morgan fingerprint density at radius 3 is 1.29 bits per heavy atom. The van der Waals surface area contributed by atoms with Crippen LogP contribution in [0, 0.1) is 0 Å². The maximum absolute atomic E-state index is 11.9. The number of hydrogen-bond donors (Lipinski definition) is 0. The van der Waals surface area contributed by atoms with Crippen molar-refractivity contribution >= 4 is 11.9 Å². The van der Waals surface area contributed by atoms with Gasteiger partial charge in [-0.15, -0.1) is 0 Å². The first-order chi connectivity index (χ1) is 18.6. The second-order valence-electron chi connectivity index (χ2n) is 11.3. The van der Waals surface area contributed by atoms with Crippen molar-refractivity contribution in [3.8, 4) is 0 Å². The summed E-state index contributed by atoms with van der Waals surface area (Å²) in [5, 5.41) is 0. The maximum Gasteiger partial charge on any atom is 0.574 e. The van der Waals surface area contributed by atoms with Crippen LogP contribution in [0.15, 0.2) is 0 Å². The van der Waals surface area contributed by atoms with E-state index in [-0.39, 0.29) is 11.9 Å². The largest absolute Gasteiger partial charge is 0.574 e. The molecule has 0 aliphatic rings. The standard InChI is InChI=1S/C33H65NO4/c1-4-6-8-10-12-14-16-18-20-22-24-26-32(35)37-30-28-34(3)29-31-38-33(36)27-25-23-21-19-17-15-13-11-9-7-5-2/h4-31H2,1-3H3/q+1. The minimum absolute atomic E-state index is 0.0901. The van der Waals surface area contributed by atoms with E-state index in [1.165, 1.54) is 116 Å². The Hall–Kier alpha value is -1.10. The zero-order valence-electron chi connectivity index (χ0n) is 25.9. The van der Waals surface area contributed by atoms with Gasteiger partial charge in [0, 0.05) is 17.8 Å². The summed E-state index contributed by atoms with van der Waals surface area (Å²) in [5.74, 6) is -0.180. The van der Waals surface area contributed by atoms with Crippen molar-refractivity contribution in [3.05, 3.63) is 0 Å². The Labute approximate surface area is 237 Å². The molecule has 0 aromatic rings. The molecule has 0 saturated carbocycles. The Morgan fingerprint density at radius 1 is 0.526 bits per heavy atom. The lowest BCUT2D eigenvalue weighted by Crippen LogP contribution is -2.28. The number of esters is 2. The van der Waals surface area contributed by atoms with Crippen LogP contribution in [0.5, 0.6) is 0 Å². The number of likely N-dealkylation sites (N-methyl/N-ethyl adjacent to an activating group) is 1. The molecule has 38 heavy (non-hydrogen) atoms. The fourth-order valence-corrected chi connectivity index (χ4v) is 4.75. The van der Waals surface area contributed by atoms with E-state index >= 15 is 0 Å². The van der Waals surface area contributed by atoms with E-state index in [0.717, 1.165) is 25.7 Å². The molecule has 0 bridgehead atoms. The SMILES string of the molecule is CCCCCCCCCCCCCC(=O)OCCN(C)CCOC(=[O+])CCCCCCCCCCCCC. The molecule has 0 N–H and O–H groups in total. The highest BCUT2D eigenvalue weighted by molar-refractivity contribution is 5.69. The summed E-state index contributed by atoms with van der Waals surface area (Å²) in [7, 11) is 1.97. The molecular formula is C33H65NO4+. The van der Waals surface area contributed by atoms with Crippen LogP contribution in [0.3, 0.4) is 0 Å². The first-order valence-corrected chi connectivity index (χ1v) is 16.6. The topological polar surface area (TPSA) is 58.7 Å². The van der Waals surface area contributed by atoms with Gasteiger partial charge < -0.3 is 9.47 Å². The molecule has 0 rings (SSSR count). The first-order valence-electron chi connectivity index (χ1n) is 16.6. The van der Waals surface area contributed by atoms with Crippen molar-refractivity contribution in [1.29, 1.82) is 0 Å². The van der Waals surface area contributed by atoms with Crippen LogP contribution >= 0.6 is 0 Å². The summed E-state index contributed by atoms with van der Waals surface area (Å²) in [5.41, 5.74) is 0. The number of carbonyl (C=O) groups is 2. The van der Waals surface area contributed by atoms with Gasteiger partial charge in [-0.05, 0) is 19.9 Å². The first kappa shape index (κ1) is 36.9. The molecule has 0 aromatic heterocycles. The Kier molecular flexibility index (Phi) is 29.6. The van der Waals surface area contributed by atoms with Gasteiger partial charge in [-0.2, -0.15) is 0 Å².